The first-order valence-corrected chi connectivity index (χ1v) is 7.18. The number of carbonyl (C=O) groups is 1. The standard InChI is InChI=1S/C15H26O3/c1-3-5-7-8-10-13-14(18-15(13)17)11-12(16)9-6-4-2/h4,12-14,16H,2-3,5-11H2,1H3/t12-,13+,14+/m1/s1. The molecule has 0 bridgehead atoms. The molecule has 1 heterocycles. The highest BCUT2D eigenvalue weighted by Crippen LogP contribution is 2.31. The Bertz CT molecular complexity index is 262. The van der Waals surface area contributed by atoms with Gasteiger partial charge in [-0.25, -0.2) is 0 Å². The van der Waals surface area contributed by atoms with Crippen molar-refractivity contribution < 1.29 is 14.6 Å². The van der Waals surface area contributed by atoms with E-state index in [0.717, 1.165) is 19.3 Å². The largest absolute Gasteiger partial charge is 0.461 e. The summed E-state index contributed by atoms with van der Waals surface area (Å²) < 4.78 is 5.13. The van der Waals surface area contributed by atoms with Gasteiger partial charge in [0.2, 0.25) is 0 Å². The summed E-state index contributed by atoms with van der Waals surface area (Å²) in [5.41, 5.74) is 0. The molecule has 1 rings (SSSR count). The average molecular weight is 254 g/mol. The summed E-state index contributed by atoms with van der Waals surface area (Å²) >= 11 is 0. The predicted octanol–water partition coefficient (Wildman–Crippen LogP) is 3.22. The van der Waals surface area contributed by atoms with Crippen LogP contribution in [0.4, 0.5) is 0 Å². The SMILES string of the molecule is C=CCC[C@@H](O)C[C@@H]1OC(=O)[C@H]1CCCCCC. The van der Waals surface area contributed by atoms with Crippen LogP contribution in [0.15, 0.2) is 12.7 Å². The maximum absolute atomic E-state index is 11.4. The van der Waals surface area contributed by atoms with Gasteiger partial charge < -0.3 is 9.84 Å². The van der Waals surface area contributed by atoms with Gasteiger partial charge in [0.1, 0.15) is 6.10 Å². The molecule has 3 nitrogen and oxygen atoms in total. The molecule has 104 valence electrons. The van der Waals surface area contributed by atoms with Crippen LogP contribution in [-0.2, 0) is 9.53 Å². The van der Waals surface area contributed by atoms with Gasteiger partial charge in [-0.05, 0) is 19.3 Å². The Hall–Kier alpha value is -0.830. The van der Waals surface area contributed by atoms with Crippen LogP contribution in [0.25, 0.3) is 0 Å². The Morgan fingerprint density at radius 1 is 1.44 bits per heavy atom. The second-order valence-corrected chi connectivity index (χ2v) is 5.19. The summed E-state index contributed by atoms with van der Waals surface area (Å²) in [7, 11) is 0. The lowest BCUT2D eigenvalue weighted by molar-refractivity contribution is -0.188. The highest BCUT2D eigenvalue weighted by molar-refractivity contribution is 5.78. The minimum absolute atomic E-state index is 0.0280. The summed E-state index contributed by atoms with van der Waals surface area (Å²) in [5.74, 6) is -0.0485. The van der Waals surface area contributed by atoms with Crippen LogP contribution < -0.4 is 0 Å². The minimum Gasteiger partial charge on any atom is -0.461 e. The van der Waals surface area contributed by atoms with Crippen molar-refractivity contribution >= 4 is 5.97 Å². The third kappa shape index (κ3) is 4.81. The average Bonchev–Trinajstić information content (AvgIpc) is 2.35. The van der Waals surface area contributed by atoms with Gasteiger partial charge in [0.15, 0.2) is 0 Å². The Balaban J connectivity index is 2.20. The molecule has 0 saturated carbocycles. The van der Waals surface area contributed by atoms with Gasteiger partial charge in [0.05, 0.1) is 12.0 Å². The summed E-state index contributed by atoms with van der Waals surface area (Å²) in [4.78, 5) is 11.4. The van der Waals surface area contributed by atoms with Gasteiger partial charge >= 0.3 is 5.97 Å². The van der Waals surface area contributed by atoms with Crippen molar-refractivity contribution in [2.45, 2.75) is 70.5 Å². The number of hydrogen-bond acceptors (Lipinski definition) is 3. The molecule has 0 aliphatic carbocycles. The fourth-order valence-electron chi connectivity index (χ4n) is 2.40. The van der Waals surface area contributed by atoms with Gasteiger partial charge in [0.25, 0.3) is 0 Å². The van der Waals surface area contributed by atoms with Gasteiger partial charge in [0, 0.05) is 6.42 Å². The molecule has 18 heavy (non-hydrogen) atoms. The number of allylic oxidation sites excluding steroid dienone is 1. The second kappa shape index (κ2) is 8.30. The van der Waals surface area contributed by atoms with E-state index in [1.807, 2.05) is 0 Å². The molecule has 0 aromatic rings. The molecule has 1 aliphatic rings. The molecule has 0 spiro atoms. The number of esters is 1. The van der Waals surface area contributed by atoms with Crippen LogP contribution in [0, 0.1) is 5.92 Å². The lowest BCUT2D eigenvalue weighted by Gasteiger charge is -2.36. The maximum atomic E-state index is 11.4. The minimum atomic E-state index is -0.376. The zero-order valence-corrected chi connectivity index (χ0v) is 11.4. The van der Waals surface area contributed by atoms with E-state index in [0.29, 0.717) is 12.8 Å². The molecule has 3 atom stereocenters. The topological polar surface area (TPSA) is 46.5 Å². The van der Waals surface area contributed by atoms with Crippen molar-refractivity contribution in [3.8, 4) is 0 Å². The number of unbranched alkanes of at least 4 members (excludes halogenated alkanes) is 3. The normalized spacial score (nSPS) is 24.2. The number of ether oxygens (including phenoxy) is 1. The van der Waals surface area contributed by atoms with Crippen molar-refractivity contribution in [1.29, 1.82) is 0 Å². The smallest absolute Gasteiger partial charge is 0.313 e. The van der Waals surface area contributed by atoms with Crippen LogP contribution in [-0.4, -0.2) is 23.3 Å². The Kier molecular flexibility index (Phi) is 7.02. The van der Waals surface area contributed by atoms with Crippen molar-refractivity contribution in [3.05, 3.63) is 12.7 Å². The van der Waals surface area contributed by atoms with E-state index >= 15 is 0 Å². The first kappa shape index (κ1) is 15.2. The summed E-state index contributed by atoms with van der Waals surface area (Å²) in [5, 5.41) is 9.79. The highest BCUT2D eigenvalue weighted by Gasteiger charge is 2.42. The third-order valence-electron chi connectivity index (χ3n) is 3.60. The lowest BCUT2D eigenvalue weighted by atomic mass is 9.87. The highest BCUT2D eigenvalue weighted by atomic mass is 16.6. The number of hydrogen-bond donors (Lipinski definition) is 1. The van der Waals surface area contributed by atoms with Crippen LogP contribution in [0.1, 0.15) is 58.3 Å². The fourth-order valence-corrected chi connectivity index (χ4v) is 2.40. The van der Waals surface area contributed by atoms with Gasteiger partial charge in [-0.15, -0.1) is 6.58 Å². The molecule has 0 amide bonds. The molecule has 1 saturated heterocycles. The van der Waals surface area contributed by atoms with Crippen molar-refractivity contribution in [2.24, 2.45) is 5.92 Å². The fraction of sp³-hybridized carbons (Fsp3) is 0.800. The molecule has 0 radical (unpaired) electrons. The molecule has 1 fully saturated rings. The molecule has 3 heteroatoms. The van der Waals surface area contributed by atoms with Crippen LogP contribution in [0.5, 0.6) is 0 Å². The quantitative estimate of drug-likeness (QED) is 0.370. The lowest BCUT2D eigenvalue weighted by Crippen LogP contribution is -2.46. The monoisotopic (exact) mass is 254 g/mol. The van der Waals surface area contributed by atoms with E-state index in [9.17, 15) is 9.90 Å². The van der Waals surface area contributed by atoms with E-state index in [4.69, 9.17) is 4.74 Å². The summed E-state index contributed by atoms with van der Waals surface area (Å²) in [6, 6.07) is 0. The number of carbonyl (C=O) groups excluding carboxylic acids is 1. The Morgan fingerprint density at radius 3 is 2.83 bits per heavy atom. The first-order chi connectivity index (χ1) is 8.69. The summed E-state index contributed by atoms with van der Waals surface area (Å²) in [6.45, 7) is 5.81. The molecular weight excluding hydrogens is 228 g/mol. The van der Waals surface area contributed by atoms with Gasteiger partial charge in [-0.3, -0.25) is 4.79 Å². The van der Waals surface area contributed by atoms with Gasteiger partial charge in [-0.1, -0.05) is 38.7 Å². The Morgan fingerprint density at radius 2 is 2.22 bits per heavy atom. The van der Waals surface area contributed by atoms with Gasteiger partial charge in [-0.2, -0.15) is 0 Å². The zero-order chi connectivity index (χ0) is 13.4. The van der Waals surface area contributed by atoms with Crippen molar-refractivity contribution in [1.82, 2.24) is 0 Å². The molecule has 0 unspecified atom stereocenters. The van der Waals surface area contributed by atoms with E-state index in [-0.39, 0.29) is 24.1 Å². The molecule has 0 aromatic carbocycles. The number of cyclic esters (lactones) is 1. The van der Waals surface area contributed by atoms with E-state index in [1.165, 1.54) is 19.3 Å². The van der Waals surface area contributed by atoms with Crippen molar-refractivity contribution in [2.75, 3.05) is 0 Å². The van der Waals surface area contributed by atoms with Crippen LogP contribution >= 0.6 is 0 Å². The molecule has 0 aromatic heterocycles. The predicted molar refractivity (Wildman–Crippen MR) is 72.2 cm³/mol. The zero-order valence-electron chi connectivity index (χ0n) is 11.4. The van der Waals surface area contributed by atoms with E-state index in [1.54, 1.807) is 6.08 Å². The molecular formula is C15H26O3. The van der Waals surface area contributed by atoms with Crippen LogP contribution in [0.3, 0.4) is 0 Å². The number of aliphatic hydroxyl groups is 1. The van der Waals surface area contributed by atoms with Crippen LogP contribution in [0.2, 0.25) is 0 Å². The number of rotatable bonds is 10. The maximum Gasteiger partial charge on any atom is 0.313 e. The summed E-state index contributed by atoms with van der Waals surface area (Å²) in [6.07, 6.45) is 9.10. The van der Waals surface area contributed by atoms with E-state index in [2.05, 4.69) is 13.5 Å². The third-order valence-corrected chi connectivity index (χ3v) is 3.60. The molecule has 1 aliphatic heterocycles. The molecule has 1 N–H and O–H groups in total. The first-order valence-electron chi connectivity index (χ1n) is 7.18. The second-order valence-electron chi connectivity index (χ2n) is 5.19. The number of aliphatic hydroxyl groups excluding tert-OH is 1. The Labute approximate surface area is 110 Å². The van der Waals surface area contributed by atoms with E-state index < -0.39 is 0 Å². The van der Waals surface area contributed by atoms with Crippen molar-refractivity contribution in [3.63, 3.8) is 0 Å².